The molecule has 0 unspecified atom stereocenters. The Balaban J connectivity index is 2.44. The molecule has 0 aliphatic heterocycles. The summed E-state index contributed by atoms with van der Waals surface area (Å²) >= 11 is 0. The summed E-state index contributed by atoms with van der Waals surface area (Å²) in [5.41, 5.74) is 1.80. The lowest BCUT2D eigenvalue weighted by Gasteiger charge is -2.32. The summed E-state index contributed by atoms with van der Waals surface area (Å²) in [6, 6.07) is 18.5. The zero-order valence-corrected chi connectivity index (χ0v) is 14.4. The van der Waals surface area contributed by atoms with Gasteiger partial charge >= 0.3 is 0 Å². The highest BCUT2D eigenvalue weighted by Crippen LogP contribution is 2.25. The number of benzene rings is 2. The summed E-state index contributed by atoms with van der Waals surface area (Å²) in [5, 5.41) is 2.69. The lowest BCUT2D eigenvalue weighted by Crippen LogP contribution is -2.44. The monoisotopic (exact) mass is 324 g/mol. The Hall–Kier alpha value is -2.62. The zero-order valence-electron chi connectivity index (χ0n) is 14.4. The first-order chi connectivity index (χ1) is 11.5. The van der Waals surface area contributed by atoms with Crippen molar-refractivity contribution in [3.63, 3.8) is 0 Å². The van der Waals surface area contributed by atoms with E-state index in [2.05, 4.69) is 5.32 Å². The van der Waals surface area contributed by atoms with Gasteiger partial charge in [-0.3, -0.25) is 9.59 Å². The second kappa shape index (κ2) is 8.29. The van der Waals surface area contributed by atoms with Crippen molar-refractivity contribution >= 4 is 11.8 Å². The molecule has 0 saturated heterocycles. The summed E-state index contributed by atoms with van der Waals surface area (Å²) < 4.78 is 0. The fraction of sp³-hybridized carbons (Fsp3) is 0.300. The number of nitrogens with zero attached hydrogens (tertiary/aromatic N) is 1. The Morgan fingerprint density at radius 2 is 1.50 bits per heavy atom. The third-order valence-corrected chi connectivity index (χ3v) is 3.89. The van der Waals surface area contributed by atoms with Crippen LogP contribution in [0.25, 0.3) is 0 Å². The van der Waals surface area contributed by atoms with Crippen molar-refractivity contribution < 1.29 is 9.59 Å². The SMILES string of the molecule is CNC(=O)[C@H](c1ccccc1)N(Cc1ccccc1)C(=O)C(C)C. The molecule has 2 aromatic carbocycles. The maximum absolute atomic E-state index is 12.8. The van der Waals surface area contributed by atoms with Gasteiger partial charge < -0.3 is 10.2 Å². The van der Waals surface area contributed by atoms with E-state index >= 15 is 0 Å². The molecule has 1 atom stereocenters. The molecule has 0 aromatic heterocycles. The van der Waals surface area contributed by atoms with Gasteiger partial charge in [0.1, 0.15) is 6.04 Å². The number of hydrogen-bond donors (Lipinski definition) is 1. The van der Waals surface area contributed by atoms with Crippen LogP contribution in [0.5, 0.6) is 0 Å². The summed E-state index contributed by atoms with van der Waals surface area (Å²) in [6.07, 6.45) is 0. The minimum Gasteiger partial charge on any atom is -0.357 e. The molecule has 0 aliphatic rings. The van der Waals surface area contributed by atoms with E-state index in [0.29, 0.717) is 6.54 Å². The lowest BCUT2D eigenvalue weighted by molar-refractivity contribution is -0.143. The van der Waals surface area contributed by atoms with Gasteiger partial charge in [0.2, 0.25) is 11.8 Å². The van der Waals surface area contributed by atoms with E-state index in [1.807, 2.05) is 74.5 Å². The molecule has 0 saturated carbocycles. The Kier molecular flexibility index (Phi) is 6.13. The quantitative estimate of drug-likeness (QED) is 0.887. The predicted molar refractivity (Wildman–Crippen MR) is 95.1 cm³/mol. The van der Waals surface area contributed by atoms with Crippen LogP contribution in [0.1, 0.15) is 31.0 Å². The maximum atomic E-state index is 12.8. The molecule has 126 valence electrons. The molecule has 0 spiro atoms. The average molecular weight is 324 g/mol. The van der Waals surface area contributed by atoms with Crippen LogP contribution in [0.4, 0.5) is 0 Å². The molecule has 4 heteroatoms. The fourth-order valence-corrected chi connectivity index (χ4v) is 2.65. The van der Waals surface area contributed by atoms with Gasteiger partial charge in [-0.2, -0.15) is 0 Å². The van der Waals surface area contributed by atoms with Crippen molar-refractivity contribution in [3.05, 3.63) is 71.8 Å². The van der Waals surface area contributed by atoms with E-state index in [9.17, 15) is 9.59 Å². The number of amides is 2. The molecular formula is C20H24N2O2. The van der Waals surface area contributed by atoms with Crippen molar-refractivity contribution in [2.45, 2.75) is 26.4 Å². The van der Waals surface area contributed by atoms with Crippen LogP contribution in [-0.4, -0.2) is 23.8 Å². The van der Waals surface area contributed by atoms with Crippen molar-refractivity contribution in [2.75, 3.05) is 7.05 Å². The molecule has 2 aromatic rings. The topological polar surface area (TPSA) is 49.4 Å². The molecule has 0 aliphatic carbocycles. The fourth-order valence-electron chi connectivity index (χ4n) is 2.65. The Labute approximate surface area is 143 Å². The van der Waals surface area contributed by atoms with E-state index in [1.54, 1.807) is 11.9 Å². The van der Waals surface area contributed by atoms with Gasteiger partial charge in [0.25, 0.3) is 0 Å². The first-order valence-corrected chi connectivity index (χ1v) is 8.15. The van der Waals surface area contributed by atoms with E-state index in [4.69, 9.17) is 0 Å². The van der Waals surface area contributed by atoms with Crippen molar-refractivity contribution in [2.24, 2.45) is 5.92 Å². The van der Waals surface area contributed by atoms with Crippen LogP contribution in [0.3, 0.4) is 0 Å². The normalized spacial score (nSPS) is 11.8. The van der Waals surface area contributed by atoms with E-state index in [-0.39, 0.29) is 17.7 Å². The van der Waals surface area contributed by atoms with Gasteiger partial charge in [0.05, 0.1) is 0 Å². The van der Waals surface area contributed by atoms with Gasteiger partial charge in [0, 0.05) is 19.5 Å². The largest absolute Gasteiger partial charge is 0.357 e. The Morgan fingerprint density at radius 3 is 2.00 bits per heavy atom. The first-order valence-electron chi connectivity index (χ1n) is 8.15. The second-order valence-electron chi connectivity index (χ2n) is 6.03. The molecule has 0 heterocycles. The summed E-state index contributed by atoms with van der Waals surface area (Å²) in [5.74, 6) is -0.424. The molecule has 0 radical (unpaired) electrons. The lowest BCUT2D eigenvalue weighted by atomic mass is 10.0. The summed E-state index contributed by atoms with van der Waals surface area (Å²) in [4.78, 5) is 27.1. The highest BCUT2D eigenvalue weighted by Gasteiger charge is 2.31. The van der Waals surface area contributed by atoms with Crippen molar-refractivity contribution in [1.82, 2.24) is 10.2 Å². The number of nitrogens with one attached hydrogen (secondary N) is 1. The van der Waals surface area contributed by atoms with E-state index in [1.165, 1.54) is 0 Å². The van der Waals surface area contributed by atoms with Gasteiger partial charge in [-0.1, -0.05) is 74.5 Å². The third kappa shape index (κ3) is 4.22. The molecule has 2 amide bonds. The molecule has 24 heavy (non-hydrogen) atoms. The van der Waals surface area contributed by atoms with Crippen LogP contribution >= 0.6 is 0 Å². The zero-order chi connectivity index (χ0) is 17.5. The number of likely N-dealkylation sites (N-methyl/N-ethyl adjacent to an activating group) is 1. The molecule has 0 fully saturated rings. The highest BCUT2D eigenvalue weighted by molar-refractivity contribution is 5.89. The Morgan fingerprint density at radius 1 is 0.958 bits per heavy atom. The van der Waals surface area contributed by atoms with Crippen molar-refractivity contribution in [1.29, 1.82) is 0 Å². The van der Waals surface area contributed by atoms with Gasteiger partial charge in [-0.15, -0.1) is 0 Å². The van der Waals surface area contributed by atoms with E-state index < -0.39 is 6.04 Å². The Bertz CT molecular complexity index is 669. The van der Waals surface area contributed by atoms with Crippen molar-refractivity contribution in [3.8, 4) is 0 Å². The molecule has 2 rings (SSSR count). The van der Waals surface area contributed by atoms with Crippen LogP contribution in [-0.2, 0) is 16.1 Å². The van der Waals surface area contributed by atoms with Gasteiger partial charge in [0.15, 0.2) is 0 Å². The number of carbonyl (C=O) groups excluding carboxylic acids is 2. The molecule has 4 nitrogen and oxygen atoms in total. The van der Waals surface area contributed by atoms with Gasteiger partial charge in [-0.25, -0.2) is 0 Å². The number of rotatable bonds is 6. The average Bonchev–Trinajstić information content (AvgIpc) is 2.62. The van der Waals surface area contributed by atoms with Gasteiger partial charge in [-0.05, 0) is 11.1 Å². The smallest absolute Gasteiger partial charge is 0.247 e. The van der Waals surface area contributed by atoms with Crippen LogP contribution in [0.2, 0.25) is 0 Å². The minimum atomic E-state index is -0.647. The van der Waals surface area contributed by atoms with Crippen LogP contribution < -0.4 is 5.32 Å². The second-order valence-corrected chi connectivity index (χ2v) is 6.03. The number of carbonyl (C=O) groups is 2. The van der Waals surface area contributed by atoms with E-state index in [0.717, 1.165) is 11.1 Å². The molecule has 1 N–H and O–H groups in total. The predicted octanol–water partition coefficient (Wildman–Crippen LogP) is 3.16. The third-order valence-electron chi connectivity index (χ3n) is 3.89. The standard InChI is InChI=1S/C20H24N2O2/c1-15(2)20(24)22(14-16-10-6-4-7-11-16)18(19(23)21-3)17-12-8-5-9-13-17/h4-13,15,18H,14H2,1-3H3,(H,21,23)/t18-/m0/s1. The maximum Gasteiger partial charge on any atom is 0.247 e. The minimum absolute atomic E-state index is 0.0451. The number of hydrogen-bond acceptors (Lipinski definition) is 2. The van der Waals surface area contributed by atoms with Crippen LogP contribution in [0.15, 0.2) is 60.7 Å². The molecule has 0 bridgehead atoms. The highest BCUT2D eigenvalue weighted by atomic mass is 16.2. The molecular weight excluding hydrogens is 300 g/mol. The van der Waals surface area contributed by atoms with Crippen LogP contribution in [0, 0.1) is 5.92 Å². The first kappa shape index (κ1) is 17.7. The summed E-state index contributed by atoms with van der Waals surface area (Å²) in [6.45, 7) is 4.10. The summed E-state index contributed by atoms with van der Waals surface area (Å²) in [7, 11) is 1.60.